The third-order valence-corrected chi connectivity index (χ3v) is 12.5. The van der Waals surface area contributed by atoms with Crippen molar-refractivity contribution in [2.24, 2.45) is 28.6 Å². The fourth-order valence-corrected chi connectivity index (χ4v) is 8.87. The maximum atomic E-state index is 14.3. The van der Waals surface area contributed by atoms with Gasteiger partial charge in [-0.2, -0.15) is 0 Å². The van der Waals surface area contributed by atoms with E-state index < -0.39 is 28.7 Å². The Morgan fingerprint density at radius 2 is 1.72 bits per heavy atom. The first-order chi connectivity index (χ1) is 22.4. The van der Waals surface area contributed by atoms with Crippen LogP contribution < -0.4 is 5.32 Å². The first-order valence-electron chi connectivity index (χ1n) is 17.8. The van der Waals surface area contributed by atoms with Gasteiger partial charge >= 0.3 is 0 Å². The zero-order chi connectivity index (χ0) is 33.4. The Hall–Kier alpha value is -2.18. The van der Waals surface area contributed by atoms with E-state index in [4.69, 9.17) is 9.47 Å². The number of thiazole rings is 1. The number of ether oxygens (including phenoxy) is 2. The quantitative estimate of drug-likeness (QED) is 0.312. The first-order valence-corrected chi connectivity index (χ1v) is 18.6. The molecule has 2 aliphatic heterocycles. The van der Waals surface area contributed by atoms with Crippen molar-refractivity contribution >= 4 is 29.1 Å². The van der Waals surface area contributed by atoms with Crippen LogP contribution in [0.2, 0.25) is 0 Å². The fourth-order valence-electron chi connectivity index (χ4n) is 8.28. The van der Waals surface area contributed by atoms with Gasteiger partial charge < -0.3 is 24.6 Å². The monoisotopic (exact) mass is 678 g/mol. The van der Waals surface area contributed by atoms with Gasteiger partial charge in [-0.05, 0) is 57.3 Å². The van der Waals surface area contributed by atoms with Gasteiger partial charge in [0.05, 0.1) is 42.5 Å². The maximum Gasteiger partial charge on any atom is 0.265 e. The zero-order valence-corrected chi connectivity index (χ0v) is 29.0. The molecule has 1 N–H and O–H groups in total. The molecule has 5 fully saturated rings. The van der Waals surface area contributed by atoms with Crippen LogP contribution in [0.1, 0.15) is 101 Å². The lowest BCUT2D eigenvalue weighted by molar-refractivity contribution is -0.159. The van der Waals surface area contributed by atoms with E-state index in [1.807, 2.05) is 25.7 Å². The molecule has 6 rings (SSSR count). The number of alkyl halides is 2. The van der Waals surface area contributed by atoms with E-state index in [2.05, 4.69) is 10.3 Å². The molecule has 12 heteroatoms. The molecular formula is C35H52F2N4O5S. The summed E-state index contributed by atoms with van der Waals surface area (Å²) in [5.41, 5.74) is 0.638. The molecule has 1 spiro atoms. The summed E-state index contributed by atoms with van der Waals surface area (Å²) in [5, 5.41) is 3.23. The Balaban J connectivity index is 1.15. The molecule has 0 radical (unpaired) electrons. The minimum absolute atomic E-state index is 0.117. The van der Waals surface area contributed by atoms with Crippen LogP contribution in [0.15, 0.2) is 11.7 Å². The maximum absolute atomic E-state index is 14.3. The van der Waals surface area contributed by atoms with Crippen LogP contribution in [0, 0.1) is 28.6 Å². The van der Waals surface area contributed by atoms with Crippen molar-refractivity contribution in [1.82, 2.24) is 20.1 Å². The second-order valence-corrected chi connectivity index (χ2v) is 16.6. The summed E-state index contributed by atoms with van der Waals surface area (Å²) in [6, 6.07) is -0.483. The Morgan fingerprint density at radius 3 is 2.36 bits per heavy atom. The molecular weight excluding hydrogens is 626 g/mol. The molecule has 3 atom stereocenters. The van der Waals surface area contributed by atoms with Crippen molar-refractivity contribution in [3.8, 4) is 0 Å². The number of hydrogen-bond donors (Lipinski definition) is 1. The van der Waals surface area contributed by atoms with Crippen molar-refractivity contribution in [1.29, 1.82) is 0 Å². The number of halogens is 2. The summed E-state index contributed by atoms with van der Waals surface area (Å²) in [5.74, 6) is -2.50. The van der Waals surface area contributed by atoms with Gasteiger partial charge in [0.25, 0.3) is 5.91 Å². The van der Waals surface area contributed by atoms with Gasteiger partial charge in [0, 0.05) is 56.5 Å². The van der Waals surface area contributed by atoms with Crippen LogP contribution in [0.25, 0.3) is 0 Å². The van der Waals surface area contributed by atoms with Crippen LogP contribution >= 0.6 is 11.3 Å². The number of carbonyl (C=O) groups is 3. The lowest BCUT2D eigenvalue weighted by atomic mass is 9.69. The molecule has 9 nitrogen and oxygen atoms in total. The second kappa shape index (κ2) is 14.0. The highest BCUT2D eigenvalue weighted by atomic mass is 32.1. The summed E-state index contributed by atoms with van der Waals surface area (Å²) in [7, 11) is 0. The molecule has 1 aromatic heterocycles. The summed E-state index contributed by atoms with van der Waals surface area (Å²) in [6.45, 7) is 8.25. The van der Waals surface area contributed by atoms with Crippen molar-refractivity contribution in [3.05, 3.63) is 16.6 Å². The Morgan fingerprint density at radius 1 is 1.04 bits per heavy atom. The van der Waals surface area contributed by atoms with E-state index in [-0.39, 0.29) is 68.8 Å². The van der Waals surface area contributed by atoms with E-state index in [9.17, 15) is 23.2 Å². The highest BCUT2D eigenvalue weighted by Gasteiger charge is 2.61. The molecule has 0 bridgehead atoms. The SMILES string of the molecule is C[C@@H](OCC1CCCCC1)[C@@H](COC1CCC(F)(F)CC1)NC(=O)[C@@H]1CN(C(=O)c2cncs2)CC12CN(C(=O)C(C)(C)C1CC1)C2. The third-order valence-electron chi connectivity index (χ3n) is 11.7. The highest BCUT2D eigenvalue weighted by molar-refractivity contribution is 7.11. The molecule has 3 saturated carbocycles. The van der Waals surface area contributed by atoms with E-state index in [0.29, 0.717) is 43.0 Å². The average Bonchev–Trinajstić information content (AvgIpc) is 3.61. The molecule has 3 heterocycles. The minimum Gasteiger partial charge on any atom is -0.376 e. The number of rotatable bonds is 12. The summed E-state index contributed by atoms with van der Waals surface area (Å²) >= 11 is 1.28. The number of aromatic nitrogens is 1. The summed E-state index contributed by atoms with van der Waals surface area (Å²) < 4.78 is 40.2. The summed E-state index contributed by atoms with van der Waals surface area (Å²) in [6.07, 6.45) is 9.17. The average molecular weight is 679 g/mol. The largest absolute Gasteiger partial charge is 0.376 e. The molecule has 0 aromatic carbocycles. The van der Waals surface area contributed by atoms with Crippen LogP contribution in [0.5, 0.6) is 0 Å². The normalized spacial score (nSPS) is 26.2. The lowest BCUT2D eigenvalue weighted by Gasteiger charge is -2.52. The van der Waals surface area contributed by atoms with E-state index in [1.165, 1.54) is 30.6 Å². The van der Waals surface area contributed by atoms with E-state index in [0.717, 1.165) is 25.7 Å². The standard InChI is InChI=1S/C35H52F2N4O5S/c1-23(45-17-24-7-5-4-6-8-24)28(18-46-26-11-13-35(36,37)14-12-26)39-30(42)27-16-40(31(43)29-15-38-22-47-29)19-34(27)20-41(21-34)32(44)33(2,3)25-9-10-25/h15,22-28H,4-14,16-21H2,1-3H3,(H,39,42)/t23-,27+,28-/m1/s1. The van der Waals surface area contributed by atoms with Gasteiger partial charge in [0.15, 0.2) is 0 Å². The van der Waals surface area contributed by atoms with Gasteiger partial charge in [0.2, 0.25) is 17.7 Å². The number of nitrogens with one attached hydrogen (secondary N) is 1. The number of likely N-dealkylation sites (tertiary alicyclic amines) is 2. The third kappa shape index (κ3) is 7.85. The van der Waals surface area contributed by atoms with Gasteiger partial charge in [-0.25, -0.2) is 8.78 Å². The van der Waals surface area contributed by atoms with E-state index >= 15 is 0 Å². The number of hydrogen-bond acceptors (Lipinski definition) is 7. The van der Waals surface area contributed by atoms with Crippen molar-refractivity contribution in [2.75, 3.05) is 39.4 Å². The van der Waals surface area contributed by atoms with Crippen LogP contribution in [-0.4, -0.2) is 96.1 Å². The molecule has 47 heavy (non-hydrogen) atoms. The van der Waals surface area contributed by atoms with Gasteiger partial charge in [-0.1, -0.05) is 33.1 Å². The molecule has 262 valence electrons. The fraction of sp³-hybridized carbons (Fsp3) is 0.829. The topological polar surface area (TPSA) is 101 Å². The number of nitrogens with zero attached hydrogens (tertiary/aromatic N) is 3. The first kappa shape index (κ1) is 34.7. The lowest BCUT2D eigenvalue weighted by Crippen LogP contribution is -2.66. The molecule has 3 amide bonds. The molecule has 1 aromatic rings. The van der Waals surface area contributed by atoms with Crippen LogP contribution in [0.3, 0.4) is 0 Å². The van der Waals surface area contributed by atoms with Gasteiger partial charge in [-0.15, -0.1) is 11.3 Å². The Labute approximate surface area is 281 Å². The Kier molecular flexibility index (Phi) is 10.3. The zero-order valence-electron chi connectivity index (χ0n) is 28.2. The number of carbonyl (C=O) groups excluding carboxylic acids is 3. The van der Waals surface area contributed by atoms with Gasteiger partial charge in [0.1, 0.15) is 4.88 Å². The van der Waals surface area contributed by atoms with Crippen LogP contribution in [0.4, 0.5) is 8.78 Å². The number of amides is 3. The Bertz CT molecular complexity index is 1250. The second-order valence-electron chi connectivity index (χ2n) is 15.7. The van der Waals surface area contributed by atoms with Crippen molar-refractivity contribution in [2.45, 2.75) is 116 Å². The molecule has 5 aliphatic rings. The van der Waals surface area contributed by atoms with Crippen molar-refractivity contribution in [3.63, 3.8) is 0 Å². The smallest absolute Gasteiger partial charge is 0.265 e. The predicted octanol–water partition coefficient (Wildman–Crippen LogP) is 5.54. The van der Waals surface area contributed by atoms with Crippen LogP contribution in [-0.2, 0) is 19.1 Å². The molecule has 3 aliphatic carbocycles. The minimum atomic E-state index is -2.64. The highest BCUT2D eigenvalue weighted by Crippen LogP contribution is 2.50. The molecule has 0 unspecified atom stereocenters. The summed E-state index contributed by atoms with van der Waals surface area (Å²) in [4.78, 5) is 49.5. The van der Waals surface area contributed by atoms with E-state index in [1.54, 1.807) is 16.6 Å². The van der Waals surface area contributed by atoms with Crippen molar-refractivity contribution < 1.29 is 32.6 Å². The molecule has 2 saturated heterocycles. The predicted molar refractivity (Wildman–Crippen MR) is 174 cm³/mol. The van der Waals surface area contributed by atoms with Gasteiger partial charge in [-0.3, -0.25) is 19.4 Å².